The molecule has 14 heavy (non-hydrogen) atoms. The normalized spacial score (nSPS) is 10.4. The van der Waals surface area contributed by atoms with E-state index in [0.717, 1.165) is 12.2 Å². The van der Waals surface area contributed by atoms with E-state index in [1.165, 1.54) is 0 Å². The molecule has 0 aromatic carbocycles. The molecule has 0 saturated heterocycles. The third kappa shape index (κ3) is 9.08. The molecule has 3 N–H and O–H groups in total. The van der Waals surface area contributed by atoms with Gasteiger partial charge in [0, 0.05) is 24.4 Å². The number of thiol groups is 1. The number of amides is 2. The zero-order valence-corrected chi connectivity index (χ0v) is 8.63. The van der Waals surface area contributed by atoms with Crippen LogP contribution in [0, 0.1) is 0 Å². The summed E-state index contributed by atoms with van der Waals surface area (Å²) in [6, 6.07) is 0. The number of carbonyl (C=O) groups excluding carboxylic acids is 2. The minimum atomic E-state index is -0.647. The van der Waals surface area contributed by atoms with E-state index in [4.69, 9.17) is 10.5 Å². The first-order valence-electron chi connectivity index (χ1n) is 4.10. The molecule has 0 aromatic rings. The first-order chi connectivity index (χ1) is 6.66. The topological polar surface area (TPSA) is 81.4 Å². The Morgan fingerprint density at radius 2 is 2.07 bits per heavy atom. The predicted octanol–water partition coefficient (Wildman–Crippen LogP) is -0.909. The second kappa shape index (κ2) is 8.58. The van der Waals surface area contributed by atoms with E-state index in [1.54, 1.807) is 0 Å². The number of hydrogen-bond acceptors (Lipinski definition) is 4. The smallest absolute Gasteiger partial charge is 0.244 e. The molecule has 0 rings (SSSR count). The van der Waals surface area contributed by atoms with E-state index in [9.17, 15) is 9.59 Å². The lowest BCUT2D eigenvalue weighted by Crippen LogP contribution is -2.26. The van der Waals surface area contributed by atoms with Gasteiger partial charge in [-0.15, -0.1) is 0 Å². The molecule has 0 radical (unpaired) electrons. The largest absolute Gasteiger partial charge is 0.379 e. The second-order valence-electron chi connectivity index (χ2n) is 2.36. The zero-order valence-electron chi connectivity index (χ0n) is 7.73. The van der Waals surface area contributed by atoms with Crippen LogP contribution in [0.1, 0.15) is 0 Å². The standard InChI is InChI=1S/C8H14N2O3S/c9-7(11)1-2-8(12)10-3-4-13-5-6-14/h1-2,14H,3-6H2,(H2,9,11)(H,10,12). The van der Waals surface area contributed by atoms with Crippen molar-refractivity contribution >= 4 is 24.4 Å². The molecule has 6 heteroatoms. The predicted molar refractivity (Wildman–Crippen MR) is 56.0 cm³/mol. The molecule has 0 heterocycles. The van der Waals surface area contributed by atoms with Gasteiger partial charge in [0.25, 0.3) is 0 Å². The van der Waals surface area contributed by atoms with Crippen LogP contribution in [-0.2, 0) is 14.3 Å². The molecule has 0 unspecified atom stereocenters. The highest BCUT2D eigenvalue weighted by atomic mass is 32.1. The molecule has 0 aliphatic carbocycles. The molecule has 0 atom stereocenters. The molecule has 0 fully saturated rings. The summed E-state index contributed by atoms with van der Waals surface area (Å²) >= 11 is 3.94. The van der Waals surface area contributed by atoms with Gasteiger partial charge in [-0.2, -0.15) is 12.6 Å². The maximum absolute atomic E-state index is 10.9. The SMILES string of the molecule is NC(=O)C=CC(=O)NCCOCCS. The zero-order chi connectivity index (χ0) is 10.8. The van der Waals surface area contributed by atoms with Gasteiger partial charge in [0.1, 0.15) is 0 Å². The summed E-state index contributed by atoms with van der Waals surface area (Å²) in [4.78, 5) is 21.1. The van der Waals surface area contributed by atoms with Crippen LogP contribution >= 0.6 is 12.6 Å². The summed E-state index contributed by atoms with van der Waals surface area (Å²) in [6.07, 6.45) is 2.09. The Balaban J connectivity index is 3.40. The fourth-order valence-electron chi connectivity index (χ4n) is 0.630. The van der Waals surface area contributed by atoms with E-state index in [0.29, 0.717) is 25.5 Å². The number of ether oxygens (including phenoxy) is 1. The first kappa shape index (κ1) is 13.0. The van der Waals surface area contributed by atoms with Crippen LogP contribution in [0.2, 0.25) is 0 Å². The third-order valence-corrected chi connectivity index (χ3v) is 1.36. The van der Waals surface area contributed by atoms with Crippen LogP contribution in [-0.4, -0.2) is 37.3 Å². The number of hydrogen-bond donors (Lipinski definition) is 3. The van der Waals surface area contributed by atoms with Crippen LogP contribution in [0.3, 0.4) is 0 Å². The van der Waals surface area contributed by atoms with Gasteiger partial charge < -0.3 is 15.8 Å². The van der Waals surface area contributed by atoms with Gasteiger partial charge in [-0.1, -0.05) is 0 Å². The Hall–Kier alpha value is -1.01. The Bertz CT molecular complexity index is 219. The van der Waals surface area contributed by atoms with Crippen molar-refractivity contribution in [2.75, 3.05) is 25.5 Å². The molecular weight excluding hydrogens is 204 g/mol. The van der Waals surface area contributed by atoms with Gasteiger partial charge in [-0.25, -0.2) is 0 Å². The van der Waals surface area contributed by atoms with Gasteiger partial charge in [0.2, 0.25) is 11.8 Å². The molecule has 0 aromatic heterocycles. The molecule has 5 nitrogen and oxygen atoms in total. The van der Waals surface area contributed by atoms with Gasteiger partial charge in [-0.05, 0) is 0 Å². The van der Waals surface area contributed by atoms with Crippen molar-refractivity contribution in [2.45, 2.75) is 0 Å². The first-order valence-corrected chi connectivity index (χ1v) is 4.74. The number of primary amides is 1. The second-order valence-corrected chi connectivity index (χ2v) is 2.81. The van der Waals surface area contributed by atoms with Gasteiger partial charge in [0.05, 0.1) is 13.2 Å². The Morgan fingerprint density at radius 1 is 1.36 bits per heavy atom. The van der Waals surface area contributed by atoms with E-state index in [2.05, 4.69) is 17.9 Å². The highest BCUT2D eigenvalue weighted by molar-refractivity contribution is 7.80. The summed E-state index contributed by atoms with van der Waals surface area (Å²) in [5.41, 5.74) is 4.80. The fraction of sp³-hybridized carbons (Fsp3) is 0.500. The van der Waals surface area contributed by atoms with Crippen LogP contribution in [0.25, 0.3) is 0 Å². The summed E-state index contributed by atoms with van der Waals surface area (Å²) in [7, 11) is 0. The van der Waals surface area contributed by atoms with Crippen molar-refractivity contribution in [1.29, 1.82) is 0 Å². The van der Waals surface area contributed by atoms with E-state index in [1.807, 2.05) is 0 Å². The lowest BCUT2D eigenvalue weighted by Gasteiger charge is -2.02. The third-order valence-electron chi connectivity index (χ3n) is 1.18. The lowest BCUT2D eigenvalue weighted by atomic mass is 10.4. The van der Waals surface area contributed by atoms with Crippen molar-refractivity contribution in [3.63, 3.8) is 0 Å². The highest BCUT2D eigenvalue weighted by Crippen LogP contribution is 1.78. The lowest BCUT2D eigenvalue weighted by molar-refractivity contribution is -0.117. The molecular formula is C8H14N2O3S. The van der Waals surface area contributed by atoms with Crippen molar-refractivity contribution in [1.82, 2.24) is 5.32 Å². The Kier molecular flexibility index (Phi) is 7.96. The molecule has 0 saturated carbocycles. The Morgan fingerprint density at radius 3 is 2.64 bits per heavy atom. The van der Waals surface area contributed by atoms with Crippen molar-refractivity contribution in [3.05, 3.63) is 12.2 Å². The van der Waals surface area contributed by atoms with Gasteiger partial charge in [-0.3, -0.25) is 9.59 Å². The Labute approximate surface area is 88.1 Å². The maximum Gasteiger partial charge on any atom is 0.244 e. The highest BCUT2D eigenvalue weighted by Gasteiger charge is 1.94. The van der Waals surface area contributed by atoms with Gasteiger partial charge in [0.15, 0.2) is 0 Å². The van der Waals surface area contributed by atoms with Crippen LogP contribution < -0.4 is 11.1 Å². The monoisotopic (exact) mass is 218 g/mol. The molecule has 2 amide bonds. The number of carbonyl (C=O) groups is 2. The van der Waals surface area contributed by atoms with Crippen LogP contribution in [0.15, 0.2) is 12.2 Å². The van der Waals surface area contributed by atoms with Crippen molar-refractivity contribution < 1.29 is 14.3 Å². The van der Waals surface area contributed by atoms with Crippen LogP contribution in [0.5, 0.6) is 0 Å². The molecule has 0 spiro atoms. The molecule has 0 aliphatic heterocycles. The average Bonchev–Trinajstić information content (AvgIpc) is 2.14. The van der Waals surface area contributed by atoms with E-state index in [-0.39, 0.29) is 5.91 Å². The maximum atomic E-state index is 10.9. The quantitative estimate of drug-likeness (QED) is 0.294. The van der Waals surface area contributed by atoms with Crippen LogP contribution in [0.4, 0.5) is 0 Å². The summed E-state index contributed by atoms with van der Waals surface area (Å²) in [5.74, 6) is -0.361. The summed E-state index contributed by atoms with van der Waals surface area (Å²) in [6.45, 7) is 1.38. The number of rotatable bonds is 7. The van der Waals surface area contributed by atoms with Crippen molar-refractivity contribution in [3.8, 4) is 0 Å². The molecule has 0 aliphatic rings. The molecule has 0 bridgehead atoms. The van der Waals surface area contributed by atoms with E-state index < -0.39 is 5.91 Å². The van der Waals surface area contributed by atoms with Gasteiger partial charge >= 0.3 is 0 Å². The van der Waals surface area contributed by atoms with E-state index >= 15 is 0 Å². The number of nitrogens with one attached hydrogen (secondary N) is 1. The van der Waals surface area contributed by atoms with Crippen molar-refractivity contribution in [2.24, 2.45) is 5.73 Å². The minimum absolute atomic E-state index is 0.363. The molecule has 80 valence electrons. The number of nitrogens with two attached hydrogens (primary N) is 1. The fourth-order valence-corrected chi connectivity index (χ4v) is 0.759. The average molecular weight is 218 g/mol. The summed E-state index contributed by atoms with van der Waals surface area (Å²) in [5, 5.41) is 2.51. The summed E-state index contributed by atoms with van der Waals surface area (Å²) < 4.78 is 5.05. The minimum Gasteiger partial charge on any atom is -0.379 e.